The number of ether oxygens (including phenoxy) is 1. The molecule has 1 amide bonds. The van der Waals surface area contributed by atoms with E-state index in [2.05, 4.69) is 4.90 Å². The molecule has 1 aliphatic rings. The van der Waals surface area contributed by atoms with Crippen LogP contribution in [0.1, 0.15) is 21.5 Å². The molecule has 35 heavy (non-hydrogen) atoms. The van der Waals surface area contributed by atoms with Crippen molar-refractivity contribution in [2.75, 3.05) is 26.2 Å². The number of carbonyl (C=O) groups is 1. The minimum absolute atomic E-state index is 0.107. The molecule has 3 aromatic carbocycles. The minimum Gasteiger partial charge on any atom is -0.483 e. The summed E-state index contributed by atoms with van der Waals surface area (Å²) < 4.78 is 72.2. The molecule has 0 unspecified atom stereocenters. The van der Waals surface area contributed by atoms with Crippen LogP contribution in [0, 0.1) is 29.1 Å². The summed E-state index contributed by atoms with van der Waals surface area (Å²) in [6.07, 6.45) is 0. The number of rotatable bonds is 6. The number of halogens is 6. The first-order valence-electron chi connectivity index (χ1n) is 10.7. The highest BCUT2D eigenvalue weighted by Crippen LogP contribution is 2.27. The van der Waals surface area contributed by atoms with Crippen molar-refractivity contribution >= 4 is 17.5 Å². The number of nitrogens with zero attached hydrogens (tertiary/aromatic N) is 2. The van der Waals surface area contributed by atoms with Crippen molar-refractivity contribution in [3.63, 3.8) is 0 Å². The number of hydrogen-bond acceptors (Lipinski definition) is 3. The number of amides is 1. The molecule has 4 rings (SSSR count). The maximum Gasteiger partial charge on any atom is 0.253 e. The van der Waals surface area contributed by atoms with Crippen LogP contribution >= 0.6 is 11.6 Å². The molecule has 0 aromatic heterocycles. The molecule has 0 atom stereocenters. The molecule has 1 saturated heterocycles. The standard InChI is InChI=1S/C25H20ClF5N2O2/c26-19-11-18(27)6-5-17(19)13-32-7-9-33(10-8-32)25(34)16-3-1-15(2-4-16)14-35-24-22(30)20(28)12-21(29)23(24)31/h1-6,11-12H,7-10,13-14H2. The van der Waals surface area contributed by atoms with Gasteiger partial charge in [0.1, 0.15) is 12.4 Å². The average Bonchev–Trinajstić information content (AvgIpc) is 2.85. The van der Waals surface area contributed by atoms with E-state index in [0.717, 1.165) is 5.56 Å². The fourth-order valence-corrected chi connectivity index (χ4v) is 3.99. The molecule has 184 valence electrons. The lowest BCUT2D eigenvalue weighted by Gasteiger charge is -2.35. The van der Waals surface area contributed by atoms with E-state index in [9.17, 15) is 26.7 Å². The Morgan fingerprint density at radius 3 is 2.09 bits per heavy atom. The van der Waals surface area contributed by atoms with Crippen molar-refractivity contribution in [3.8, 4) is 5.75 Å². The van der Waals surface area contributed by atoms with Gasteiger partial charge in [0, 0.05) is 49.4 Å². The summed E-state index contributed by atoms with van der Waals surface area (Å²) in [6.45, 7) is 2.42. The van der Waals surface area contributed by atoms with E-state index >= 15 is 0 Å². The van der Waals surface area contributed by atoms with Gasteiger partial charge in [-0.15, -0.1) is 0 Å². The molecule has 0 radical (unpaired) electrons. The van der Waals surface area contributed by atoms with Crippen molar-refractivity contribution in [2.24, 2.45) is 0 Å². The first-order valence-corrected chi connectivity index (χ1v) is 11.1. The molecule has 1 fully saturated rings. The van der Waals surface area contributed by atoms with Crippen LogP contribution in [0.2, 0.25) is 5.02 Å². The minimum atomic E-state index is -1.61. The van der Waals surface area contributed by atoms with Crippen LogP contribution in [0.15, 0.2) is 48.5 Å². The van der Waals surface area contributed by atoms with Crippen LogP contribution in [0.5, 0.6) is 5.75 Å². The highest BCUT2D eigenvalue weighted by molar-refractivity contribution is 6.31. The lowest BCUT2D eigenvalue weighted by Crippen LogP contribution is -2.48. The molecule has 0 saturated carbocycles. The van der Waals surface area contributed by atoms with Gasteiger partial charge in [0.2, 0.25) is 11.6 Å². The van der Waals surface area contributed by atoms with Gasteiger partial charge in [-0.3, -0.25) is 9.69 Å². The molecule has 0 spiro atoms. The Labute approximate surface area is 203 Å². The van der Waals surface area contributed by atoms with Gasteiger partial charge in [0.15, 0.2) is 17.4 Å². The molecule has 0 aliphatic carbocycles. The molecule has 0 N–H and O–H groups in total. The summed E-state index contributed by atoms with van der Waals surface area (Å²) in [5.74, 6) is -8.05. The second-order valence-electron chi connectivity index (χ2n) is 8.09. The second kappa shape index (κ2) is 10.6. The van der Waals surface area contributed by atoms with Crippen molar-refractivity contribution in [1.29, 1.82) is 0 Å². The normalized spacial score (nSPS) is 14.3. The predicted octanol–water partition coefficient (Wildman–Crippen LogP) is 5.57. The lowest BCUT2D eigenvalue weighted by molar-refractivity contribution is 0.0628. The van der Waals surface area contributed by atoms with Gasteiger partial charge in [-0.05, 0) is 35.4 Å². The van der Waals surface area contributed by atoms with Crippen LogP contribution in [0.4, 0.5) is 22.0 Å². The van der Waals surface area contributed by atoms with Crippen molar-refractivity contribution in [1.82, 2.24) is 9.80 Å². The monoisotopic (exact) mass is 510 g/mol. The number of hydrogen-bond donors (Lipinski definition) is 0. The summed E-state index contributed by atoms with van der Waals surface area (Å²) in [6, 6.07) is 10.5. The number of piperazine rings is 1. The SMILES string of the molecule is O=C(c1ccc(COc2c(F)c(F)cc(F)c2F)cc1)N1CCN(Cc2ccc(F)cc2Cl)CC1. The lowest BCUT2D eigenvalue weighted by atomic mass is 10.1. The molecule has 1 heterocycles. The van der Waals surface area contributed by atoms with Gasteiger partial charge in [-0.25, -0.2) is 13.2 Å². The molecule has 3 aromatic rings. The first-order chi connectivity index (χ1) is 16.7. The van der Waals surface area contributed by atoms with Crippen molar-refractivity contribution in [2.45, 2.75) is 13.2 Å². The molecule has 4 nitrogen and oxygen atoms in total. The largest absolute Gasteiger partial charge is 0.483 e. The molecule has 1 aliphatic heterocycles. The summed E-state index contributed by atoms with van der Waals surface area (Å²) in [4.78, 5) is 16.7. The second-order valence-corrected chi connectivity index (χ2v) is 8.49. The van der Waals surface area contributed by atoms with E-state index in [1.165, 1.54) is 24.3 Å². The molecule has 10 heteroatoms. The average molecular weight is 511 g/mol. The van der Waals surface area contributed by atoms with E-state index in [0.29, 0.717) is 48.9 Å². The van der Waals surface area contributed by atoms with Gasteiger partial charge in [-0.1, -0.05) is 29.8 Å². The summed E-state index contributed by atoms with van der Waals surface area (Å²) in [5, 5.41) is 0.362. The Bertz CT molecular complexity index is 1210. The predicted molar refractivity (Wildman–Crippen MR) is 120 cm³/mol. The van der Waals surface area contributed by atoms with Gasteiger partial charge >= 0.3 is 0 Å². The maximum atomic E-state index is 13.7. The Morgan fingerprint density at radius 1 is 0.857 bits per heavy atom. The highest BCUT2D eigenvalue weighted by Gasteiger charge is 2.23. The molecular weight excluding hydrogens is 491 g/mol. The Hall–Kier alpha value is -3.17. The zero-order valence-electron chi connectivity index (χ0n) is 18.3. The molecular formula is C25H20ClF5N2O2. The number of carbonyl (C=O) groups excluding carboxylic acids is 1. The van der Waals surface area contributed by atoms with Gasteiger partial charge in [0.05, 0.1) is 0 Å². The topological polar surface area (TPSA) is 32.8 Å². The van der Waals surface area contributed by atoms with Crippen LogP contribution in [-0.4, -0.2) is 41.9 Å². The third-order valence-corrected chi connectivity index (χ3v) is 6.08. The first kappa shape index (κ1) is 24.9. The zero-order valence-corrected chi connectivity index (χ0v) is 19.1. The fourth-order valence-electron chi connectivity index (χ4n) is 3.76. The van der Waals surface area contributed by atoms with Gasteiger partial charge < -0.3 is 9.64 Å². The van der Waals surface area contributed by atoms with Crippen LogP contribution in [-0.2, 0) is 13.2 Å². The Morgan fingerprint density at radius 2 is 1.49 bits per heavy atom. The summed E-state index contributed by atoms with van der Waals surface area (Å²) >= 11 is 6.10. The van der Waals surface area contributed by atoms with Crippen molar-refractivity contribution < 1.29 is 31.5 Å². The summed E-state index contributed by atoms with van der Waals surface area (Å²) in [7, 11) is 0. The Balaban J connectivity index is 1.32. The number of benzene rings is 3. The van der Waals surface area contributed by atoms with Crippen molar-refractivity contribution in [3.05, 3.63) is 99.3 Å². The van der Waals surface area contributed by atoms with Crippen LogP contribution in [0.25, 0.3) is 0 Å². The zero-order chi connectivity index (χ0) is 25.1. The van der Waals surface area contributed by atoms with Gasteiger partial charge in [0.25, 0.3) is 5.91 Å². The third-order valence-electron chi connectivity index (χ3n) is 5.72. The quantitative estimate of drug-likeness (QED) is 0.321. The van der Waals surface area contributed by atoms with E-state index in [-0.39, 0.29) is 18.6 Å². The third kappa shape index (κ3) is 5.74. The van der Waals surface area contributed by atoms with E-state index < -0.39 is 34.8 Å². The maximum absolute atomic E-state index is 13.7. The Kier molecular flexibility index (Phi) is 7.57. The van der Waals surface area contributed by atoms with Crippen LogP contribution in [0.3, 0.4) is 0 Å². The smallest absolute Gasteiger partial charge is 0.253 e. The van der Waals surface area contributed by atoms with E-state index in [4.69, 9.17) is 16.3 Å². The van der Waals surface area contributed by atoms with Crippen LogP contribution < -0.4 is 4.74 Å². The van der Waals surface area contributed by atoms with E-state index in [1.54, 1.807) is 23.1 Å². The molecule has 0 bridgehead atoms. The summed E-state index contributed by atoms with van der Waals surface area (Å²) in [5.41, 5.74) is 1.68. The fraction of sp³-hybridized carbons (Fsp3) is 0.240. The van der Waals surface area contributed by atoms with E-state index in [1.807, 2.05) is 0 Å². The van der Waals surface area contributed by atoms with Gasteiger partial charge in [-0.2, -0.15) is 8.78 Å². The highest BCUT2D eigenvalue weighted by atomic mass is 35.5.